The second-order valence-corrected chi connectivity index (χ2v) is 8.26. The van der Waals surface area contributed by atoms with E-state index in [2.05, 4.69) is 22.7 Å². The van der Waals surface area contributed by atoms with Gasteiger partial charge in [-0.3, -0.25) is 0 Å². The average Bonchev–Trinajstić information content (AvgIpc) is 3.50. The van der Waals surface area contributed by atoms with Crippen LogP contribution >= 0.6 is 24.0 Å². The molecule has 7 nitrogen and oxygen atoms in total. The zero-order chi connectivity index (χ0) is 20.2. The number of guanidine groups is 1. The Bertz CT molecular complexity index is 833. The van der Waals surface area contributed by atoms with E-state index in [1.807, 2.05) is 19.2 Å². The van der Waals surface area contributed by atoms with Crippen LogP contribution in [0.3, 0.4) is 0 Å². The topological polar surface area (TPSA) is 76.6 Å². The third-order valence-electron chi connectivity index (χ3n) is 6.40. The number of nitrogens with one attached hydrogen (secondary N) is 2. The molecule has 4 rings (SSSR count). The maximum atomic E-state index is 5.57. The summed E-state index contributed by atoms with van der Waals surface area (Å²) >= 11 is 0. The molecule has 2 fully saturated rings. The van der Waals surface area contributed by atoms with Crippen molar-refractivity contribution in [3.63, 3.8) is 0 Å². The molecule has 0 radical (unpaired) electrons. The summed E-state index contributed by atoms with van der Waals surface area (Å²) in [6.07, 6.45) is 8.79. The second kappa shape index (κ2) is 10.5. The van der Waals surface area contributed by atoms with E-state index in [0.717, 1.165) is 60.1 Å². The Hall–Kier alpha value is -1.71. The van der Waals surface area contributed by atoms with Gasteiger partial charge in [0.15, 0.2) is 5.96 Å². The molecular weight excluding hydrogens is 493 g/mol. The van der Waals surface area contributed by atoms with Crippen LogP contribution in [0, 0.1) is 11.8 Å². The first-order chi connectivity index (χ1) is 14.2. The maximum Gasteiger partial charge on any atom is 0.216 e. The van der Waals surface area contributed by atoms with Crippen molar-refractivity contribution in [2.24, 2.45) is 23.9 Å². The third-order valence-corrected chi connectivity index (χ3v) is 6.40. The van der Waals surface area contributed by atoms with Gasteiger partial charge < -0.3 is 19.8 Å². The van der Waals surface area contributed by atoms with E-state index in [-0.39, 0.29) is 24.0 Å². The predicted molar refractivity (Wildman–Crippen MR) is 128 cm³/mol. The van der Waals surface area contributed by atoms with E-state index < -0.39 is 0 Å². The highest BCUT2D eigenvalue weighted by atomic mass is 127. The summed E-state index contributed by atoms with van der Waals surface area (Å²) in [5.74, 6) is 4.34. The Morgan fingerprint density at radius 2 is 2.23 bits per heavy atom. The Morgan fingerprint density at radius 1 is 1.37 bits per heavy atom. The highest BCUT2D eigenvalue weighted by molar-refractivity contribution is 14.0. The minimum absolute atomic E-state index is 0. The lowest BCUT2D eigenvalue weighted by atomic mass is 9.95. The van der Waals surface area contributed by atoms with E-state index in [4.69, 9.17) is 14.1 Å². The normalized spacial score (nSPS) is 22.8. The lowest BCUT2D eigenvalue weighted by Gasteiger charge is -2.25. The number of methoxy groups -OCH3 is 1. The van der Waals surface area contributed by atoms with Gasteiger partial charge in [0.1, 0.15) is 5.76 Å². The molecule has 0 aromatic carbocycles. The number of nitrogens with zero attached hydrogens (tertiary/aromatic N) is 3. The monoisotopic (exact) mass is 527 g/mol. The first-order valence-electron chi connectivity index (χ1n) is 10.8. The predicted octanol–water partition coefficient (Wildman–Crippen LogP) is 3.67. The average molecular weight is 527 g/mol. The van der Waals surface area contributed by atoms with Crippen LogP contribution in [0.15, 0.2) is 27.8 Å². The lowest BCUT2D eigenvalue weighted by molar-refractivity contribution is 0.369. The first kappa shape index (κ1) is 23.0. The molecule has 2 aliphatic rings. The van der Waals surface area contributed by atoms with Crippen molar-refractivity contribution >= 4 is 29.9 Å². The number of halogens is 1. The standard InChI is InChI=1S/C22H33N5O2.HI/c1-4-19-18(21(28-3)27(2)26-19)14-24-22(23-10-9-17-6-5-11-29-17)25-20-13-15-7-8-16(20)12-15;/h5-6,11,15-16,20H,4,7-10,12-14H2,1-3H3,(H2,23,24,25);1H. The summed E-state index contributed by atoms with van der Waals surface area (Å²) in [5, 5.41) is 11.8. The molecule has 0 saturated heterocycles. The van der Waals surface area contributed by atoms with Gasteiger partial charge in [0.2, 0.25) is 5.88 Å². The van der Waals surface area contributed by atoms with Gasteiger partial charge in [-0.25, -0.2) is 9.67 Å². The lowest BCUT2D eigenvalue weighted by Crippen LogP contribution is -2.46. The first-order valence-corrected chi connectivity index (χ1v) is 10.8. The van der Waals surface area contributed by atoms with Crippen LogP contribution in [-0.2, 0) is 26.4 Å². The molecule has 0 spiro atoms. The SMILES string of the molecule is CCc1nn(C)c(OC)c1CN=C(NCCc1ccco1)NC1CC2CCC1C2.I. The zero-order valence-electron chi connectivity index (χ0n) is 18.2. The van der Waals surface area contributed by atoms with E-state index in [9.17, 15) is 0 Å². The minimum Gasteiger partial charge on any atom is -0.481 e. The fourth-order valence-corrected chi connectivity index (χ4v) is 4.97. The van der Waals surface area contributed by atoms with Crippen molar-refractivity contribution in [2.75, 3.05) is 13.7 Å². The van der Waals surface area contributed by atoms with Gasteiger partial charge >= 0.3 is 0 Å². The number of hydrogen-bond donors (Lipinski definition) is 2. The molecule has 3 atom stereocenters. The second-order valence-electron chi connectivity index (χ2n) is 8.26. The fourth-order valence-electron chi connectivity index (χ4n) is 4.97. The Labute approximate surface area is 196 Å². The van der Waals surface area contributed by atoms with Crippen molar-refractivity contribution < 1.29 is 9.15 Å². The molecular formula is C22H34IN5O2. The van der Waals surface area contributed by atoms with Crippen molar-refractivity contribution in [2.45, 2.75) is 58.0 Å². The maximum absolute atomic E-state index is 5.57. The van der Waals surface area contributed by atoms with Gasteiger partial charge in [0.25, 0.3) is 0 Å². The fraction of sp³-hybridized carbons (Fsp3) is 0.636. The van der Waals surface area contributed by atoms with E-state index in [1.54, 1.807) is 18.1 Å². The van der Waals surface area contributed by atoms with Gasteiger partial charge in [-0.1, -0.05) is 13.3 Å². The summed E-state index contributed by atoms with van der Waals surface area (Å²) in [7, 11) is 3.61. The Balaban J connectivity index is 0.00000256. The van der Waals surface area contributed by atoms with Crippen LogP contribution in [-0.4, -0.2) is 35.4 Å². The zero-order valence-corrected chi connectivity index (χ0v) is 20.5. The van der Waals surface area contributed by atoms with Crippen molar-refractivity contribution in [1.29, 1.82) is 0 Å². The number of aryl methyl sites for hydroxylation is 2. The summed E-state index contributed by atoms with van der Waals surface area (Å²) in [6.45, 7) is 3.45. The molecule has 0 amide bonds. The van der Waals surface area contributed by atoms with Gasteiger partial charge in [-0.05, 0) is 49.7 Å². The third kappa shape index (κ3) is 5.12. The molecule has 8 heteroatoms. The number of aromatic nitrogens is 2. The Morgan fingerprint density at radius 3 is 2.87 bits per heavy atom. The van der Waals surface area contributed by atoms with Gasteiger partial charge in [-0.2, -0.15) is 5.10 Å². The molecule has 3 unspecified atom stereocenters. The number of hydrogen-bond acceptors (Lipinski definition) is 4. The van der Waals surface area contributed by atoms with Crippen molar-refractivity contribution in [3.05, 3.63) is 35.4 Å². The molecule has 166 valence electrons. The summed E-state index contributed by atoms with van der Waals surface area (Å²) in [4.78, 5) is 4.92. The van der Waals surface area contributed by atoms with Crippen LogP contribution in [0.4, 0.5) is 0 Å². The van der Waals surface area contributed by atoms with E-state index >= 15 is 0 Å². The van der Waals surface area contributed by atoms with E-state index in [0.29, 0.717) is 12.6 Å². The van der Waals surface area contributed by atoms with Crippen LogP contribution < -0.4 is 15.4 Å². The Kier molecular flexibility index (Phi) is 8.07. The van der Waals surface area contributed by atoms with Gasteiger partial charge in [-0.15, -0.1) is 24.0 Å². The van der Waals surface area contributed by atoms with Crippen LogP contribution in [0.2, 0.25) is 0 Å². The molecule has 2 N–H and O–H groups in total. The number of aliphatic imine (C=N–C) groups is 1. The minimum atomic E-state index is 0. The van der Waals surface area contributed by atoms with Gasteiger partial charge in [0, 0.05) is 26.1 Å². The largest absolute Gasteiger partial charge is 0.481 e. The molecule has 2 saturated carbocycles. The molecule has 2 aromatic heterocycles. The number of furan rings is 1. The molecule has 2 aromatic rings. The smallest absolute Gasteiger partial charge is 0.216 e. The number of fused-ring (bicyclic) bond motifs is 2. The van der Waals surface area contributed by atoms with Crippen molar-refractivity contribution in [3.8, 4) is 5.88 Å². The molecule has 2 heterocycles. The van der Waals surface area contributed by atoms with Crippen LogP contribution in [0.25, 0.3) is 0 Å². The summed E-state index contributed by atoms with van der Waals surface area (Å²) in [6, 6.07) is 4.47. The summed E-state index contributed by atoms with van der Waals surface area (Å²) in [5.41, 5.74) is 2.11. The van der Waals surface area contributed by atoms with Crippen LogP contribution in [0.1, 0.15) is 49.6 Å². The summed E-state index contributed by atoms with van der Waals surface area (Å²) < 4.78 is 12.8. The highest BCUT2D eigenvalue weighted by Gasteiger charge is 2.39. The quantitative estimate of drug-likeness (QED) is 0.311. The number of ether oxygens (including phenoxy) is 1. The van der Waals surface area contributed by atoms with E-state index in [1.165, 1.54) is 25.7 Å². The molecule has 0 aliphatic heterocycles. The molecule has 2 aliphatic carbocycles. The van der Waals surface area contributed by atoms with Gasteiger partial charge in [0.05, 0.1) is 31.2 Å². The van der Waals surface area contributed by atoms with Crippen LogP contribution in [0.5, 0.6) is 5.88 Å². The molecule has 30 heavy (non-hydrogen) atoms. The molecule has 2 bridgehead atoms. The number of rotatable bonds is 8. The van der Waals surface area contributed by atoms with Crippen molar-refractivity contribution in [1.82, 2.24) is 20.4 Å². The highest BCUT2D eigenvalue weighted by Crippen LogP contribution is 2.44.